The molecule has 0 aromatic heterocycles. The summed E-state index contributed by atoms with van der Waals surface area (Å²) in [6.45, 7) is 0. The fraction of sp³-hybridized carbons (Fsp3) is 0.111. The van der Waals surface area contributed by atoms with Crippen LogP contribution in [0.4, 0.5) is 0 Å². The molecule has 0 N–H and O–H groups in total. The molecule has 0 bridgehead atoms. The van der Waals surface area contributed by atoms with Crippen LogP contribution in [0.1, 0.15) is 33.4 Å². The van der Waals surface area contributed by atoms with Crippen LogP contribution in [0.15, 0.2) is 97.1 Å². The summed E-state index contributed by atoms with van der Waals surface area (Å²) < 4.78 is 0. The number of rotatable bonds is 4. The molecule has 0 saturated carbocycles. The number of hydrogen-bond acceptors (Lipinski definition) is 0. The molecule has 0 unspecified atom stereocenters. The number of benzene rings is 4. The van der Waals surface area contributed by atoms with Crippen molar-refractivity contribution in [2.75, 3.05) is 0 Å². The maximum atomic E-state index is 4.93. The van der Waals surface area contributed by atoms with Crippen molar-refractivity contribution in [3.63, 3.8) is 0 Å². The van der Waals surface area contributed by atoms with Crippen LogP contribution in [0.5, 0.6) is 0 Å². The summed E-state index contributed by atoms with van der Waals surface area (Å²) in [6.07, 6.45) is 3.04. The molecule has 0 radical (unpaired) electrons. The summed E-state index contributed by atoms with van der Waals surface area (Å²) in [5.74, 6) is 0. The van der Waals surface area contributed by atoms with Gasteiger partial charge in [0.2, 0.25) is 0 Å². The average Bonchev–Trinajstić information content (AvgIpc) is 3.13. The molecule has 5 rings (SSSR count). The third-order valence-corrected chi connectivity index (χ3v) is 5.52. The van der Waals surface area contributed by atoms with Crippen molar-refractivity contribution >= 4 is 17.0 Å². The number of fused-ring (bicyclic) bond motifs is 3. The van der Waals surface area contributed by atoms with E-state index in [0.717, 1.165) is 19.3 Å². The fourth-order valence-electron chi connectivity index (χ4n) is 4.15. The second-order valence-electron chi connectivity index (χ2n) is 7.56. The Morgan fingerprint density at radius 1 is 0.533 bits per heavy atom. The van der Waals surface area contributed by atoms with E-state index in [0.29, 0.717) is 0 Å². The minimum absolute atomic E-state index is 0.826. The molecule has 3 heteroatoms. The van der Waals surface area contributed by atoms with Crippen LogP contribution < -0.4 is 0 Å². The zero-order valence-electron chi connectivity index (χ0n) is 16.6. The van der Waals surface area contributed by atoms with E-state index in [9.17, 15) is 0 Å². The van der Waals surface area contributed by atoms with E-state index < -0.39 is 20.8 Å². The van der Waals surface area contributed by atoms with Gasteiger partial charge in [0.05, 0.1) is 0 Å². The Hall–Kier alpha value is -1.66. The molecule has 0 saturated heterocycles. The van der Waals surface area contributed by atoms with E-state index in [2.05, 4.69) is 97.1 Å². The van der Waals surface area contributed by atoms with Gasteiger partial charge in [-0.1, -0.05) is 97.1 Å². The Bertz CT molecular complexity index is 1020. The first-order valence-electron chi connectivity index (χ1n) is 10.0. The third-order valence-electron chi connectivity index (χ3n) is 5.52. The normalized spacial score (nSPS) is 11.1. The van der Waals surface area contributed by atoms with E-state index in [1.54, 1.807) is 0 Å². The molecule has 0 atom stereocenters. The molecule has 4 aromatic carbocycles. The first kappa shape index (κ1) is 21.6. The summed E-state index contributed by atoms with van der Waals surface area (Å²) in [5.41, 5.74) is 11.3. The van der Waals surface area contributed by atoms with Crippen LogP contribution in [0.2, 0.25) is 0 Å². The molecule has 0 spiro atoms. The third kappa shape index (κ3) is 5.33. The number of hydrogen-bond donors (Lipinski definition) is 0. The second kappa shape index (κ2) is 10.6. The maximum Gasteiger partial charge on any atom is -0.00134 e. The van der Waals surface area contributed by atoms with Crippen molar-refractivity contribution in [2.24, 2.45) is 0 Å². The molecular weight excluding hydrogens is 486 g/mol. The van der Waals surface area contributed by atoms with Crippen molar-refractivity contribution < 1.29 is 20.8 Å². The molecule has 148 valence electrons. The Kier molecular flexibility index (Phi) is 7.61. The molecule has 4 aromatic rings. The van der Waals surface area contributed by atoms with Crippen LogP contribution in [0.25, 0.3) is 11.1 Å². The van der Waals surface area contributed by atoms with Gasteiger partial charge in [-0.2, -0.15) is 0 Å². The Morgan fingerprint density at radius 2 is 0.933 bits per heavy atom. The van der Waals surface area contributed by atoms with Gasteiger partial charge in [0.15, 0.2) is 0 Å². The minimum Gasteiger partial charge on any atom is -0.0622 e. The molecule has 0 nitrogen and oxygen atoms in total. The predicted molar refractivity (Wildman–Crippen MR) is 125 cm³/mol. The van der Waals surface area contributed by atoms with Crippen molar-refractivity contribution in [1.82, 2.24) is 0 Å². The standard InChI is InChI=1S/C27H22.2ClH.Zr/c1-3-7-20(8-4-1)15-22-11-13-24-19-25-14-12-23(18-27(25)26(24)17-22)16-21-9-5-2-6-10-21;;;/h1-14,17-18H,15-16,19H2;2*1H;/q;;;+2/p-2. The minimum atomic E-state index is -0.826. The van der Waals surface area contributed by atoms with Gasteiger partial charge in [0, 0.05) is 0 Å². The Balaban J connectivity index is 0.000000687. The summed E-state index contributed by atoms with van der Waals surface area (Å²) >= 11 is -0.826. The van der Waals surface area contributed by atoms with Gasteiger partial charge in [-0.3, -0.25) is 0 Å². The van der Waals surface area contributed by atoms with E-state index >= 15 is 0 Å². The van der Waals surface area contributed by atoms with Crippen LogP contribution in [0.3, 0.4) is 0 Å². The zero-order chi connectivity index (χ0) is 20.8. The smallest absolute Gasteiger partial charge is 0.00134 e. The molecule has 30 heavy (non-hydrogen) atoms. The molecule has 1 aliphatic carbocycles. The summed E-state index contributed by atoms with van der Waals surface area (Å²) in [4.78, 5) is 0. The zero-order valence-corrected chi connectivity index (χ0v) is 20.6. The SMILES string of the molecule is [Cl][Zr][Cl].c1ccc(Cc2ccc3c(c2)-c2cc(Cc4ccccc4)ccc2C3)cc1. The van der Waals surface area contributed by atoms with Gasteiger partial charge < -0.3 is 0 Å². The van der Waals surface area contributed by atoms with Gasteiger partial charge in [0.25, 0.3) is 0 Å². The van der Waals surface area contributed by atoms with Gasteiger partial charge in [-0.15, -0.1) is 0 Å². The van der Waals surface area contributed by atoms with Gasteiger partial charge in [0.1, 0.15) is 0 Å². The molecule has 0 amide bonds. The van der Waals surface area contributed by atoms with Crippen molar-refractivity contribution in [3.05, 3.63) is 130 Å². The van der Waals surface area contributed by atoms with Crippen LogP contribution in [-0.2, 0) is 40.1 Å². The topological polar surface area (TPSA) is 0 Å². The molecule has 0 fully saturated rings. The second-order valence-corrected chi connectivity index (χ2v) is 11.3. The van der Waals surface area contributed by atoms with E-state index in [-0.39, 0.29) is 0 Å². The summed E-state index contributed by atoms with van der Waals surface area (Å²) in [5, 5.41) is 0. The van der Waals surface area contributed by atoms with Gasteiger partial charge >= 0.3 is 37.9 Å². The van der Waals surface area contributed by atoms with Crippen LogP contribution in [-0.4, -0.2) is 0 Å². The largest absolute Gasteiger partial charge is 0.0622 e. The van der Waals surface area contributed by atoms with E-state index in [1.165, 1.54) is 44.5 Å². The van der Waals surface area contributed by atoms with Crippen molar-refractivity contribution in [2.45, 2.75) is 19.3 Å². The molecule has 1 aliphatic rings. The fourth-order valence-corrected chi connectivity index (χ4v) is 4.15. The summed E-state index contributed by atoms with van der Waals surface area (Å²) in [6, 6.07) is 35.5. The van der Waals surface area contributed by atoms with Crippen molar-refractivity contribution in [1.29, 1.82) is 0 Å². The average molecular weight is 509 g/mol. The van der Waals surface area contributed by atoms with Crippen LogP contribution in [0, 0.1) is 0 Å². The Morgan fingerprint density at radius 3 is 1.33 bits per heavy atom. The quantitative estimate of drug-likeness (QED) is 0.232. The number of halogens is 2. The predicted octanol–water partition coefficient (Wildman–Crippen LogP) is 7.82. The molecule has 0 heterocycles. The first-order valence-corrected chi connectivity index (χ1v) is 16.4. The Labute approximate surface area is 197 Å². The maximum absolute atomic E-state index is 4.93. The van der Waals surface area contributed by atoms with E-state index in [1.807, 2.05) is 0 Å². The molecule has 0 aliphatic heterocycles. The summed E-state index contributed by atoms with van der Waals surface area (Å²) in [7, 11) is 9.87. The van der Waals surface area contributed by atoms with Gasteiger partial charge in [-0.25, -0.2) is 0 Å². The molecular formula is C27H22Cl2Zr. The van der Waals surface area contributed by atoms with Gasteiger partial charge in [-0.05, 0) is 63.8 Å². The van der Waals surface area contributed by atoms with Crippen LogP contribution >= 0.6 is 17.0 Å². The monoisotopic (exact) mass is 506 g/mol. The van der Waals surface area contributed by atoms with Crippen molar-refractivity contribution in [3.8, 4) is 11.1 Å². The first-order chi connectivity index (χ1) is 14.8. The van der Waals surface area contributed by atoms with E-state index in [4.69, 9.17) is 17.0 Å².